The number of nitriles is 1. The second-order valence-corrected chi connectivity index (χ2v) is 6.38. The predicted octanol–water partition coefficient (Wildman–Crippen LogP) is 3.74. The number of benzene rings is 2. The molecule has 0 atom stereocenters. The number of aryl methyl sites for hydroxylation is 1. The molecule has 0 saturated heterocycles. The summed E-state index contributed by atoms with van der Waals surface area (Å²) in [5.41, 5.74) is 2.62. The van der Waals surface area contributed by atoms with Crippen LogP contribution in [0.4, 0.5) is 5.69 Å². The normalized spacial score (nSPS) is 10.6. The number of methoxy groups -OCH3 is 1. The molecule has 30 heavy (non-hydrogen) atoms. The Kier molecular flexibility index (Phi) is 7.77. The standard InChI is InChI=1S/C23H22N2O5/c1-4-6-17-10-16(12-20(29-3)22(17)30-14-21(26)27)11-18(13-24)23(28)25-19-8-5-7-15(2)9-19/h4-5,7-12H,1,6,14H2,2-3H3,(H,25,28)(H,26,27)/b18-11-. The Morgan fingerprint density at radius 3 is 2.67 bits per heavy atom. The van der Waals surface area contributed by atoms with Gasteiger partial charge >= 0.3 is 5.97 Å². The van der Waals surface area contributed by atoms with Gasteiger partial charge in [0.2, 0.25) is 0 Å². The van der Waals surface area contributed by atoms with Crippen LogP contribution in [-0.4, -0.2) is 30.7 Å². The van der Waals surface area contributed by atoms with Crippen LogP contribution < -0.4 is 14.8 Å². The highest BCUT2D eigenvalue weighted by Gasteiger charge is 2.15. The van der Waals surface area contributed by atoms with Crippen molar-refractivity contribution in [2.45, 2.75) is 13.3 Å². The lowest BCUT2D eigenvalue weighted by molar-refractivity contribution is -0.139. The second-order valence-electron chi connectivity index (χ2n) is 6.38. The molecule has 2 aromatic carbocycles. The first-order chi connectivity index (χ1) is 14.4. The van der Waals surface area contributed by atoms with E-state index in [9.17, 15) is 14.9 Å². The summed E-state index contributed by atoms with van der Waals surface area (Å²) in [7, 11) is 1.42. The number of nitrogens with zero attached hydrogens (tertiary/aromatic N) is 1. The van der Waals surface area contributed by atoms with E-state index in [0.717, 1.165) is 5.56 Å². The molecule has 0 fully saturated rings. The molecule has 7 heteroatoms. The number of allylic oxidation sites excluding steroid dienone is 1. The number of carboxylic acids is 1. The van der Waals surface area contributed by atoms with E-state index in [0.29, 0.717) is 29.0 Å². The summed E-state index contributed by atoms with van der Waals surface area (Å²) < 4.78 is 10.7. The first-order valence-corrected chi connectivity index (χ1v) is 9.04. The summed E-state index contributed by atoms with van der Waals surface area (Å²) in [5, 5.41) is 21.1. The fraction of sp³-hybridized carbons (Fsp3) is 0.174. The summed E-state index contributed by atoms with van der Waals surface area (Å²) in [6, 6.07) is 12.4. The molecule has 7 nitrogen and oxygen atoms in total. The molecule has 0 aliphatic heterocycles. The third-order valence-corrected chi connectivity index (χ3v) is 4.03. The van der Waals surface area contributed by atoms with E-state index >= 15 is 0 Å². The van der Waals surface area contributed by atoms with Gasteiger partial charge in [0, 0.05) is 11.3 Å². The Labute approximate surface area is 174 Å². The van der Waals surface area contributed by atoms with Crippen molar-refractivity contribution in [2.75, 3.05) is 19.0 Å². The van der Waals surface area contributed by atoms with Crippen molar-refractivity contribution in [3.63, 3.8) is 0 Å². The molecular formula is C23H22N2O5. The molecule has 0 heterocycles. The fourth-order valence-corrected chi connectivity index (χ4v) is 2.76. The number of rotatable bonds is 9. The predicted molar refractivity (Wildman–Crippen MR) is 113 cm³/mol. The van der Waals surface area contributed by atoms with Crippen molar-refractivity contribution in [2.24, 2.45) is 0 Å². The molecule has 154 valence electrons. The number of carbonyl (C=O) groups is 2. The summed E-state index contributed by atoms with van der Waals surface area (Å²) in [6.07, 6.45) is 3.44. The number of hydrogen-bond donors (Lipinski definition) is 2. The van der Waals surface area contributed by atoms with Gasteiger partial charge in [-0.15, -0.1) is 6.58 Å². The Morgan fingerprint density at radius 2 is 2.07 bits per heavy atom. The van der Waals surface area contributed by atoms with Gasteiger partial charge in [0.25, 0.3) is 5.91 Å². The number of ether oxygens (including phenoxy) is 2. The fourth-order valence-electron chi connectivity index (χ4n) is 2.76. The lowest BCUT2D eigenvalue weighted by Gasteiger charge is -2.15. The minimum Gasteiger partial charge on any atom is -0.493 e. The maximum Gasteiger partial charge on any atom is 0.341 e. The number of carboxylic acid groups (broad SMARTS) is 1. The Hall–Kier alpha value is -4.05. The van der Waals surface area contributed by atoms with E-state index in [4.69, 9.17) is 14.6 Å². The van der Waals surface area contributed by atoms with Crippen LogP contribution in [0.25, 0.3) is 6.08 Å². The second kappa shape index (κ2) is 10.5. The third-order valence-electron chi connectivity index (χ3n) is 4.03. The molecule has 0 saturated carbocycles. The van der Waals surface area contributed by atoms with Gasteiger partial charge in [-0.05, 0) is 54.8 Å². The number of aliphatic carboxylic acids is 1. The van der Waals surface area contributed by atoms with E-state index in [2.05, 4.69) is 11.9 Å². The minimum absolute atomic E-state index is 0.0951. The van der Waals surface area contributed by atoms with E-state index in [-0.39, 0.29) is 11.3 Å². The summed E-state index contributed by atoms with van der Waals surface area (Å²) in [5.74, 6) is -1.10. The summed E-state index contributed by atoms with van der Waals surface area (Å²) in [4.78, 5) is 23.4. The molecule has 0 bridgehead atoms. The highest BCUT2D eigenvalue weighted by Crippen LogP contribution is 2.34. The first-order valence-electron chi connectivity index (χ1n) is 9.04. The number of amides is 1. The number of anilines is 1. The molecule has 2 aromatic rings. The van der Waals surface area contributed by atoms with Crippen LogP contribution >= 0.6 is 0 Å². The summed E-state index contributed by atoms with van der Waals surface area (Å²) >= 11 is 0. The van der Waals surface area contributed by atoms with E-state index in [1.165, 1.54) is 13.2 Å². The molecule has 0 aliphatic carbocycles. The molecule has 2 rings (SSSR count). The number of hydrogen-bond acceptors (Lipinski definition) is 5. The third kappa shape index (κ3) is 5.97. The zero-order valence-electron chi connectivity index (χ0n) is 16.8. The van der Waals surface area contributed by atoms with Crippen molar-refractivity contribution >= 4 is 23.6 Å². The smallest absolute Gasteiger partial charge is 0.341 e. The lowest BCUT2D eigenvalue weighted by Crippen LogP contribution is -2.13. The van der Waals surface area contributed by atoms with Crippen molar-refractivity contribution in [3.05, 3.63) is 71.3 Å². The van der Waals surface area contributed by atoms with Gasteiger partial charge in [-0.1, -0.05) is 18.2 Å². The van der Waals surface area contributed by atoms with Crippen LogP contribution in [0, 0.1) is 18.3 Å². The van der Waals surface area contributed by atoms with Crippen molar-refractivity contribution in [3.8, 4) is 17.6 Å². The van der Waals surface area contributed by atoms with Gasteiger partial charge in [-0.25, -0.2) is 4.79 Å². The molecule has 0 aromatic heterocycles. The average Bonchev–Trinajstić information content (AvgIpc) is 2.70. The van der Waals surface area contributed by atoms with Crippen LogP contribution in [0.1, 0.15) is 16.7 Å². The maximum atomic E-state index is 12.5. The van der Waals surface area contributed by atoms with Gasteiger partial charge in [0.1, 0.15) is 11.6 Å². The highest BCUT2D eigenvalue weighted by atomic mass is 16.5. The number of carbonyl (C=O) groups excluding carboxylic acids is 1. The zero-order valence-corrected chi connectivity index (χ0v) is 16.8. The van der Waals surface area contributed by atoms with Gasteiger partial charge in [0.05, 0.1) is 7.11 Å². The van der Waals surface area contributed by atoms with Crippen LogP contribution in [0.2, 0.25) is 0 Å². The maximum absolute atomic E-state index is 12.5. The van der Waals surface area contributed by atoms with Gasteiger partial charge < -0.3 is 19.9 Å². The average molecular weight is 406 g/mol. The Balaban J connectivity index is 2.39. The molecule has 1 amide bonds. The molecule has 2 N–H and O–H groups in total. The highest BCUT2D eigenvalue weighted by molar-refractivity contribution is 6.09. The molecule has 0 unspecified atom stereocenters. The number of nitrogens with one attached hydrogen (secondary N) is 1. The van der Waals surface area contributed by atoms with Gasteiger partial charge in [-0.2, -0.15) is 5.26 Å². The minimum atomic E-state index is -1.12. The van der Waals surface area contributed by atoms with Crippen LogP contribution in [0.3, 0.4) is 0 Å². The summed E-state index contributed by atoms with van der Waals surface area (Å²) in [6.45, 7) is 5.06. The van der Waals surface area contributed by atoms with Crippen LogP contribution in [-0.2, 0) is 16.0 Å². The van der Waals surface area contributed by atoms with Crippen LogP contribution in [0.5, 0.6) is 11.5 Å². The molecule has 0 aliphatic rings. The topological polar surface area (TPSA) is 109 Å². The molecular weight excluding hydrogens is 384 g/mol. The largest absolute Gasteiger partial charge is 0.493 e. The molecule has 0 radical (unpaired) electrons. The van der Waals surface area contributed by atoms with Crippen molar-refractivity contribution in [1.29, 1.82) is 5.26 Å². The molecule has 0 spiro atoms. The van der Waals surface area contributed by atoms with Crippen molar-refractivity contribution < 1.29 is 24.2 Å². The monoisotopic (exact) mass is 406 g/mol. The Morgan fingerprint density at radius 1 is 1.30 bits per heavy atom. The zero-order chi connectivity index (χ0) is 22.1. The quantitative estimate of drug-likeness (QED) is 0.373. The van der Waals surface area contributed by atoms with E-state index < -0.39 is 18.5 Å². The van der Waals surface area contributed by atoms with E-state index in [1.54, 1.807) is 30.3 Å². The SMILES string of the molecule is C=CCc1cc(/C=C(/C#N)C(=O)Nc2cccc(C)c2)cc(OC)c1OCC(=O)O. The van der Waals surface area contributed by atoms with Crippen molar-refractivity contribution in [1.82, 2.24) is 0 Å². The lowest BCUT2D eigenvalue weighted by atomic mass is 10.0. The van der Waals surface area contributed by atoms with Gasteiger partial charge in [0.15, 0.2) is 18.1 Å². The Bertz CT molecular complexity index is 1030. The first kappa shape index (κ1) is 22.2. The van der Waals surface area contributed by atoms with E-state index in [1.807, 2.05) is 25.1 Å². The van der Waals surface area contributed by atoms with Gasteiger partial charge in [-0.3, -0.25) is 4.79 Å². The van der Waals surface area contributed by atoms with Crippen LogP contribution in [0.15, 0.2) is 54.6 Å².